The highest BCUT2D eigenvalue weighted by atomic mass is 32.1. The standard InChI is InChI=1S/C14H18N6OS/c1-8(2)12-16-11(18-21-12)10-5-4-6-19(10)14-17-20-7-9(3)15-13(20)22-14/h7-8,10H,4-6H2,1-3H3/t10-/m1/s1. The van der Waals surface area contributed by atoms with Crippen LogP contribution in [0.3, 0.4) is 0 Å². The van der Waals surface area contributed by atoms with Crippen molar-refractivity contribution in [2.75, 3.05) is 11.4 Å². The lowest BCUT2D eigenvalue weighted by atomic mass is 10.2. The summed E-state index contributed by atoms with van der Waals surface area (Å²) in [6.07, 6.45) is 4.08. The predicted octanol–water partition coefficient (Wildman–Crippen LogP) is 2.95. The molecule has 1 aliphatic heterocycles. The van der Waals surface area contributed by atoms with Crippen molar-refractivity contribution in [3.8, 4) is 0 Å². The molecule has 0 aromatic carbocycles. The van der Waals surface area contributed by atoms with Crippen LogP contribution in [0.25, 0.3) is 4.96 Å². The summed E-state index contributed by atoms with van der Waals surface area (Å²) in [4.78, 5) is 12.2. The first-order valence-electron chi connectivity index (χ1n) is 7.55. The largest absolute Gasteiger partial charge is 0.339 e. The zero-order chi connectivity index (χ0) is 15.3. The van der Waals surface area contributed by atoms with Crippen LogP contribution < -0.4 is 4.90 Å². The second kappa shape index (κ2) is 5.05. The number of aromatic nitrogens is 5. The van der Waals surface area contributed by atoms with E-state index >= 15 is 0 Å². The van der Waals surface area contributed by atoms with E-state index in [1.54, 1.807) is 11.3 Å². The number of hydrogen-bond donors (Lipinski definition) is 0. The third-order valence-corrected chi connectivity index (χ3v) is 4.86. The van der Waals surface area contributed by atoms with Crippen LogP contribution in [0.4, 0.5) is 5.13 Å². The van der Waals surface area contributed by atoms with Crippen molar-refractivity contribution < 1.29 is 4.52 Å². The lowest BCUT2D eigenvalue weighted by Crippen LogP contribution is -2.23. The molecule has 1 saturated heterocycles. The minimum atomic E-state index is 0.146. The number of fused-ring (bicyclic) bond motifs is 1. The molecule has 7 nitrogen and oxygen atoms in total. The fourth-order valence-electron chi connectivity index (χ4n) is 2.80. The predicted molar refractivity (Wildman–Crippen MR) is 83.3 cm³/mol. The average Bonchev–Trinajstić information content (AvgIpc) is 3.19. The Bertz CT molecular complexity index is 772. The molecule has 1 fully saturated rings. The molecule has 1 atom stereocenters. The van der Waals surface area contributed by atoms with E-state index in [2.05, 4.69) is 39.0 Å². The van der Waals surface area contributed by atoms with Crippen molar-refractivity contribution >= 4 is 21.4 Å². The number of anilines is 1. The Labute approximate surface area is 132 Å². The van der Waals surface area contributed by atoms with Gasteiger partial charge >= 0.3 is 0 Å². The van der Waals surface area contributed by atoms with Crippen molar-refractivity contribution in [1.29, 1.82) is 0 Å². The highest BCUT2D eigenvalue weighted by Crippen LogP contribution is 2.37. The van der Waals surface area contributed by atoms with Crippen LogP contribution in [0.1, 0.15) is 56.1 Å². The molecular formula is C14H18N6OS. The minimum Gasteiger partial charge on any atom is -0.339 e. The summed E-state index contributed by atoms with van der Waals surface area (Å²) >= 11 is 1.61. The van der Waals surface area contributed by atoms with Gasteiger partial charge in [0.05, 0.1) is 17.9 Å². The molecular weight excluding hydrogens is 300 g/mol. The second-order valence-electron chi connectivity index (χ2n) is 5.99. The SMILES string of the molecule is Cc1cn2nc(N3CCC[C@@H]3c3noc(C(C)C)n3)sc2n1. The molecule has 0 spiro atoms. The first-order chi connectivity index (χ1) is 10.6. The highest BCUT2D eigenvalue weighted by Gasteiger charge is 2.32. The maximum Gasteiger partial charge on any atom is 0.229 e. The molecule has 0 saturated carbocycles. The van der Waals surface area contributed by atoms with Gasteiger partial charge in [-0.1, -0.05) is 30.3 Å². The summed E-state index contributed by atoms with van der Waals surface area (Å²) in [6, 6.07) is 0.146. The van der Waals surface area contributed by atoms with Gasteiger partial charge in [-0.15, -0.1) is 5.10 Å². The molecule has 4 rings (SSSR count). The van der Waals surface area contributed by atoms with E-state index in [1.807, 2.05) is 17.6 Å². The van der Waals surface area contributed by atoms with Crippen molar-refractivity contribution in [3.63, 3.8) is 0 Å². The van der Waals surface area contributed by atoms with Crippen molar-refractivity contribution in [3.05, 3.63) is 23.6 Å². The second-order valence-corrected chi connectivity index (χ2v) is 6.93. The van der Waals surface area contributed by atoms with Crippen molar-refractivity contribution in [2.24, 2.45) is 0 Å². The summed E-state index contributed by atoms with van der Waals surface area (Å²) < 4.78 is 7.21. The van der Waals surface area contributed by atoms with Crippen LogP contribution in [0, 0.1) is 6.92 Å². The average molecular weight is 318 g/mol. The van der Waals surface area contributed by atoms with E-state index in [9.17, 15) is 0 Å². The number of hydrogen-bond acceptors (Lipinski definition) is 7. The molecule has 3 aromatic heterocycles. The van der Waals surface area contributed by atoms with Crippen molar-refractivity contribution in [1.82, 2.24) is 24.7 Å². The van der Waals surface area contributed by atoms with Gasteiger partial charge in [0.25, 0.3) is 0 Å². The summed E-state index contributed by atoms with van der Waals surface area (Å²) in [5, 5.41) is 9.80. The topological polar surface area (TPSA) is 72.3 Å². The zero-order valence-electron chi connectivity index (χ0n) is 12.9. The Balaban J connectivity index is 1.65. The quantitative estimate of drug-likeness (QED) is 0.739. The molecule has 0 radical (unpaired) electrons. The molecule has 0 N–H and O–H groups in total. The smallest absolute Gasteiger partial charge is 0.229 e. The van der Waals surface area contributed by atoms with Gasteiger partial charge in [-0.3, -0.25) is 0 Å². The van der Waals surface area contributed by atoms with E-state index in [0.29, 0.717) is 5.89 Å². The first-order valence-corrected chi connectivity index (χ1v) is 8.36. The van der Waals surface area contributed by atoms with Crippen LogP contribution in [0.2, 0.25) is 0 Å². The Hall–Kier alpha value is -1.96. The molecule has 0 unspecified atom stereocenters. The fourth-order valence-corrected chi connectivity index (χ4v) is 3.80. The number of rotatable bonds is 3. The van der Waals surface area contributed by atoms with Gasteiger partial charge in [0.15, 0.2) is 5.82 Å². The molecule has 3 aromatic rings. The Morgan fingerprint density at radius 3 is 2.95 bits per heavy atom. The van der Waals surface area contributed by atoms with Gasteiger partial charge in [0, 0.05) is 12.5 Å². The van der Waals surface area contributed by atoms with E-state index in [-0.39, 0.29) is 12.0 Å². The van der Waals surface area contributed by atoms with E-state index in [1.165, 1.54) is 0 Å². The van der Waals surface area contributed by atoms with Crippen LogP contribution >= 0.6 is 11.3 Å². The van der Waals surface area contributed by atoms with Crippen LogP contribution in [0.15, 0.2) is 10.7 Å². The molecule has 8 heteroatoms. The maximum absolute atomic E-state index is 5.36. The number of aryl methyl sites for hydroxylation is 1. The van der Waals surface area contributed by atoms with E-state index in [4.69, 9.17) is 4.52 Å². The monoisotopic (exact) mass is 318 g/mol. The number of nitrogens with zero attached hydrogens (tertiary/aromatic N) is 6. The highest BCUT2D eigenvalue weighted by molar-refractivity contribution is 7.20. The normalized spacial score (nSPS) is 18.9. The third-order valence-electron chi connectivity index (χ3n) is 3.90. The molecule has 1 aliphatic rings. The molecule has 116 valence electrons. The molecule has 0 aliphatic carbocycles. The summed E-state index contributed by atoms with van der Waals surface area (Å²) in [5.74, 6) is 1.72. The lowest BCUT2D eigenvalue weighted by Gasteiger charge is -2.20. The van der Waals surface area contributed by atoms with Crippen LogP contribution in [0.5, 0.6) is 0 Å². The molecule has 0 amide bonds. The van der Waals surface area contributed by atoms with Crippen LogP contribution in [-0.2, 0) is 0 Å². The summed E-state index contributed by atoms with van der Waals surface area (Å²) in [5.41, 5.74) is 0.989. The Morgan fingerprint density at radius 2 is 2.23 bits per heavy atom. The molecule has 0 bridgehead atoms. The first kappa shape index (κ1) is 13.7. The van der Waals surface area contributed by atoms with Gasteiger partial charge in [-0.25, -0.2) is 9.50 Å². The molecule has 22 heavy (non-hydrogen) atoms. The maximum atomic E-state index is 5.36. The van der Waals surface area contributed by atoms with Gasteiger partial charge in [-0.2, -0.15) is 4.98 Å². The zero-order valence-corrected chi connectivity index (χ0v) is 13.7. The Kier molecular flexibility index (Phi) is 3.14. The van der Waals surface area contributed by atoms with Gasteiger partial charge in [0.2, 0.25) is 16.0 Å². The Morgan fingerprint density at radius 1 is 1.36 bits per heavy atom. The fraction of sp³-hybridized carbons (Fsp3) is 0.571. The molecule has 4 heterocycles. The van der Waals surface area contributed by atoms with Crippen LogP contribution in [-0.4, -0.2) is 31.3 Å². The lowest BCUT2D eigenvalue weighted by molar-refractivity contribution is 0.358. The summed E-state index contributed by atoms with van der Waals surface area (Å²) in [6.45, 7) is 7.06. The van der Waals surface area contributed by atoms with Gasteiger partial charge in [0.1, 0.15) is 0 Å². The van der Waals surface area contributed by atoms with Gasteiger partial charge in [-0.05, 0) is 19.8 Å². The summed E-state index contributed by atoms with van der Waals surface area (Å²) in [7, 11) is 0. The van der Waals surface area contributed by atoms with Crippen molar-refractivity contribution in [2.45, 2.75) is 45.6 Å². The van der Waals surface area contributed by atoms with E-state index in [0.717, 1.165) is 41.0 Å². The van der Waals surface area contributed by atoms with Gasteiger partial charge < -0.3 is 9.42 Å². The van der Waals surface area contributed by atoms with E-state index < -0.39 is 0 Å². The third kappa shape index (κ3) is 2.18. The minimum absolute atomic E-state index is 0.146. The number of imidazole rings is 1.